The summed E-state index contributed by atoms with van der Waals surface area (Å²) in [6, 6.07) is 8.09. The van der Waals surface area contributed by atoms with Gasteiger partial charge in [-0.05, 0) is 38.8 Å². The standard InChI is InChI=1S/C23H32N4O3S/c1-6-30-22(29)27-13-11-18(12-14-27)25-21-26-19(15(2)31-21)16-7-9-17(10-8-16)24-20(28)23(3,4)5/h7-10,18H,6,11-14H2,1-5H3,(H,24,28)(H,25,26). The molecular formula is C23H32N4O3S. The third kappa shape index (κ3) is 5.97. The van der Waals surface area contributed by atoms with Crippen LogP contribution < -0.4 is 10.6 Å². The Morgan fingerprint density at radius 1 is 1.19 bits per heavy atom. The van der Waals surface area contributed by atoms with Crippen LogP contribution in [-0.4, -0.2) is 47.6 Å². The Morgan fingerprint density at radius 2 is 1.84 bits per heavy atom. The summed E-state index contributed by atoms with van der Waals surface area (Å²) in [7, 11) is 0. The minimum Gasteiger partial charge on any atom is -0.450 e. The van der Waals surface area contributed by atoms with Crippen molar-refractivity contribution in [2.24, 2.45) is 5.41 Å². The number of rotatable bonds is 5. The van der Waals surface area contributed by atoms with Gasteiger partial charge in [-0.25, -0.2) is 9.78 Å². The Hall–Kier alpha value is -2.61. The molecule has 1 aliphatic heterocycles. The van der Waals surface area contributed by atoms with Gasteiger partial charge < -0.3 is 20.3 Å². The van der Waals surface area contributed by atoms with Crippen molar-refractivity contribution in [2.45, 2.75) is 53.5 Å². The summed E-state index contributed by atoms with van der Waals surface area (Å²) in [5, 5.41) is 7.37. The van der Waals surface area contributed by atoms with Gasteiger partial charge in [0.05, 0.1) is 12.3 Å². The van der Waals surface area contributed by atoms with E-state index in [-0.39, 0.29) is 12.0 Å². The van der Waals surface area contributed by atoms with E-state index in [0.717, 1.165) is 39.8 Å². The molecule has 0 aliphatic carbocycles. The van der Waals surface area contributed by atoms with Crippen LogP contribution in [0.4, 0.5) is 15.6 Å². The maximum Gasteiger partial charge on any atom is 0.409 e. The largest absolute Gasteiger partial charge is 0.450 e. The van der Waals surface area contributed by atoms with Crippen LogP contribution in [0, 0.1) is 12.3 Å². The Kier molecular flexibility index (Phi) is 7.20. The van der Waals surface area contributed by atoms with Crippen molar-refractivity contribution in [3.8, 4) is 11.3 Å². The number of aryl methyl sites for hydroxylation is 1. The predicted molar refractivity (Wildman–Crippen MR) is 126 cm³/mol. The first-order valence-electron chi connectivity index (χ1n) is 10.7. The highest BCUT2D eigenvalue weighted by molar-refractivity contribution is 7.16. The van der Waals surface area contributed by atoms with Crippen molar-refractivity contribution in [1.82, 2.24) is 9.88 Å². The van der Waals surface area contributed by atoms with E-state index in [9.17, 15) is 9.59 Å². The molecule has 0 saturated carbocycles. The Morgan fingerprint density at radius 3 is 2.42 bits per heavy atom. The average molecular weight is 445 g/mol. The fourth-order valence-electron chi connectivity index (χ4n) is 3.35. The molecule has 0 atom stereocenters. The molecule has 8 heteroatoms. The van der Waals surface area contributed by atoms with Crippen molar-refractivity contribution in [2.75, 3.05) is 30.3 Å². The first kappa shape index (κ1) is 23.1. The molecule has 0 spiro atoms. The number of nitrogens with zero attached hydrogens (tertiary/aromatic N) is 2. The smallest absolute Gasteiger partial charge is 0.409 e. The fraction of sp³-hybridized carbons (Fsp3) is 0.522. The van der Waals surface area contributed by atoms with E-state index in [1.165, 1.54) is 0 Å². The zero-order valence-corrected chi connectivity index (χ0v) is 19.8. The SMILES string of the molecule is CCOC(=O)N1CCC(Nc2nc(-c3ccc(NC(=O)C(C)(C)C)cc3)c(C)s2)CC1. The van der Waals surface area contributed by atoms with Crippen LogP contribution in [0.5, 0.6) is 0 Å². The number of carbonyl (C=O) groups excluding carboxylic acids is 2. The molecule has 0 bridgehead atoms. The van der Waals surface area contributed by atoms with E-state index in [1.807, 2.05) is 52.0 Å². The summed E-state index contributed by atoms with van der Waals surface area (Å²) in [6.07, 6.45) is 1.51. The first-order valence-corrected chi connectivity index (χ1v) is 11.6. The normalized spacial score (nSPS) is 14.9. The number of hydrogen-bond donors (Lipinski definition) is 2. The van der Waals surface area contributed by atoms with E-state index in [0.29, 0.717) is 25.7 Å². The van der Waals surface area contributed by atoms with Gasteiger partial charge >= 0.3 is 6.09 Å². The molecule has 0 unspecified atom stereocenters. The minimum absolute atomic E-state index is 0.00872. The summed E-state index contributed by atoms with van der Waals surface area (Å²) in [6.45, 7) is 11.4. The first-order chi connectivity index (χ1) is 14.7. The number of likely N-dealkylation sites (tertiary alicyclic amines) is 1. The quantitative estimate of drug-likeness (QED) is 0.667. The van der Waals surface area contributed by atoms with Crippen molar-refractivity contribution in [3.05, 3.63) is 29.1 Å². The third-order valence-corrected chi connectivity index (χ3v) is 6.14. The molecule has 3 rings (SSSR count). The second-order valence-corrected chi connectivity index (χ2v) is 10.0. The van der Waals surface area contributed by atoms with Gasteiger partial charge in [0.2, 0.25) is 5.91 Å². The molecule has 168 valence electrons. The van der Waals surface area contributed by atoms with Gasteiger partial charge in [-0.1, -0.05) is 32.9 Å². The number of aromatic nitrogens is 1. The average Bonchev–Trinajstić information content (AvgIpc) is 3.08. The van der Waals surface area contributed by atoms with E-state index in [2.05, 4.69) is 17.6 Å². The molecular weight excluding hydrogens is 412 g/mol. The summed E-state index contributed by atoms with van der Waals surface area (Å²) in [5.74, 6) is -0.00872. The fourth-order valence-corrected chi connectivity index (χ4v) is 4.26. The summed E-state index contributed by atoms with van der Waals surface area (Å²) in [4.78, 5) is 31.7. The van der Waals surface area contributed by atoms with Crippen LogP contribution in [-0.2, 0) is 9.53 Å². The van der Waals surface area contributed by atoms with Crippen LogP contribution in [0.15, 0.2) is 24.3 Å². The van der Waals surface area contributed by atoms with Gasteiger partial charge in [-0.15, -0.1) is 11.3 Å². The predicted octanol–water partition coefficient (Wildman–Crippen LogP) is 5.14. The number of carbonyl (C=O) groups is 2. The second kappa shape index (κ2) is 9.68. The number of ether oxygens (including phenoxy) is 1. The monoisotopic (exact) mass is 444 g/mol. The van der Waals surface area contributed by atoms with Crippen molar-refractivity contribution in [1.29, 1.82) is 0 Å². The van der Waals surface area contributed by atoms with Crippen LogP contribution in [0.3, 0.4) is 0 Å². The molecule has 2 amide bonds. The molecule has 1 fully saturated rings. The Labute approximate surface area is 188 Å². The highest BCUT2D eigenvalue weighted by atomic mass is 32.1. The lowest BCUT2D eigenvalue weighted by atomic mass is 9.95. The van der Waals surface area contributed by atoms with Gasteiger partial charge in [0.15, 0.2) is 5.13 Å². The lowest BCUT2D eigenvalue weighted by Gasteiger charge is -2.31. The molecule has 1 saturated heterocycles. The van der Waals surface area contributed by atoms with Gasteiger partial charge in [0, 0.05) is 40.7 Å². The molecule has 31 heavy (non-hydrogen) atoms. The van der Waals surface area contributed by atoms with Crippen molar-refractivity contribution >= 4 is 34.2 Å². The zero-order valence-electron chi connectivity index (χ0n) is 18.9. The summed E-state index contributed by atoms with van der Waals surface area (Å²) >= 11 is 1.64. The van der Waals surface area contributed by atoms with Crippen LogP contribution in [0.25, 0.3) is 11.3 Å². The molecule has 2 aromatic rings. The Balaban J connectivity index is 1.60. The number of thiazole rings is 1. The molecule has 1 aromatic carbocycles. The maximum atomic E-state index is 12.2. The van der Waals surface area contributed by atoms with Crippen LogP contribution in [0.2, 0.25) is 0 Å². The van der Waals surface area contributed by atoms with Gasteiger partial charge in [0.25, 0.3) is 0 Å². The van der Waals surface area contributed by atoms with Crippen LogP contribution >= 0.6 is 11.3 Å². The van der Waals surface area contributed by atoms with Crippen molar-refractivity contribution < 1.29 is 14.3 Å². The molecule has 2 N–H and O–H groups in total. The molecule has 1 aliphatic rings. The number of benzene rings is 1. The lowest BCUT2D eigenvalue weighted by Crippen LogP contribution is -2.42. The van der Waals surface area contributed by atoms with Gasteiger partial charge in [0.1, 0.15) is 0 Å². The maximum absolute atomic E-state index is 12.2. The summed E-state index contributed by atoms with van der Waals surface area (Å²) in [5.41, 5.74) is 2.32. The highest BCUT2D eigenvalue weighted by Gasteiger charge is 2.24. The molecule has 1 aromatic heterocycles. The van der Waals surface area contributed by atoms with E-state index >= 15 is 0 Å². The minimum atomic E-state index is -0.433. The molecule has 2 heterocycles. The van der Waals surface area contributed by atoms with E-state index in [1.54, 1.807) is 16.2 Å². The topological polar surface area (TPSA) is 83.6 Å². The number of piperidine rings is 1. The molecule has 7 nitrogen and oxygen atoms in total. The second-order valence-electron chi connectivity index (χ2n) is 8.81. The lowest BCUT2D eigenvalue weighted by molar-refractivity contribution is -0.123. The molecule has 0 radical (unpaired) electrons. The van der Waals surface area contributed by atoms with E-state index < -0.39 is 5.41 Å². The van der Waals surface area contributed by atoms with E-state index in [4.69, 9.17) is 9.72 Å². The number of hydrogen-bond acceptors (Lipinski definition) is 6. The van der Waals surface area contributed by atoms with Gasteiger partial charge in [-0.2, -0.15) is 0 Å². The third-order valence-electron chi connectivity index (χ3n) is 5.24. The number of nitrogens with one attached hydrogen (secondary N) is 2. The number of anilines is 2. The van der Waals surface area contributed by atoms with Crippen molar-refractivity contribution in [3.63, 3.8) is 0 Å². The van der Waals surface area contributed by atoms with Gasteiger partial charge in [-0.3, -0.25) is 4.79 Å². The zero-order chi connectivity index (χ0) is 22.6. The number of amides is 2. The Bertz CT molecular complexity index is 910. The highest BCUT2D eigenvalue weighted by Crippen LogP contribution is 2.32. The summed E-state index contributed by atoms with van der Waals surface area (Å²) < 4.78 is 5.08. The van der Waals surface area contributed by atoms with Crippen LogP contribution in [0.1, 0.15) is 45.4 Å².